The fourth-order valence-electron chi connectivity index (χ4n) is 3.82. The van der Waals surface area contributed by atoms with Gasteiger partial charge >= 0.3 is 0 Å². The van der Waals surface area contributed by atoms with Gasteiger partial charge in [0.2, 0.25) is 0 Å². The first kappa shape index (κ1) is 19.8. The molecule has 7 nitrogen and oxygen atoms in total. The third-order valence-electron chi connectivity index (χ3n) is 5.34. The number of carbonyl (C=O) groups is 2. The number of aromatic nitrogens is 3. The number of hydrogen-bond acceptors (Lipinski definition) is 4. The van der Waals surface area contributed by atoms with Crippen molar-refractivity contribution in [3.63, 3.8) is 0 Å². The molecule has 2 heterocycles. The molecule has 7 heteroatoms. The lowest BCUT2D eigenvalue weighted by Gasteiger charge is -2.29. The number of Topliss-reactive ketones (excluding diaryl/α,β-unsaturated/α-hetero) is 1. The van der Waals surface area contributed by atoms with E-state index in [0.29, 0.717) is 37.2 Å². The standard InChI is InChI=1S/C23H24N4O3/c1-23(2)11-19-17(20(28)12-23)10-18(22(30)26-19)21(29)24-13-15-4-6-16(7-5-15)14-27-9-3-8-25-27/h3-10H,11-14H2,1-2H3,(H,24,29)(H,26,30). The summed E-state index contributed by atoms with van der Waals surface area (Å²) in [7, 11) is 0. The number of pyridine rings is 1. The monoisotopic (exact) mass is 404 g/mol. The van der Waals surface area contributed by atoms with Crippen LogP contribution in [0.2, 0.25) is 0 Å². The van der Waals surface area contributed by atoms with Crippen molar-refractivity contribution in [1.29, 1.82) is 0 Å². The van der Waals surface area contributed by atoms with Crippen molar-refractivity contribution in [3.05, 3.63) is 87.1 Å². The first-order valence-corrected chi connectivity index (χ1v) is 9.94. The second-order valence-electron chi connectivity index (χ2n) is 8.55. The molecule has 1 aliphatic rings. The Labute approximate surface area is 174 Å². The van der Waals surface area contributed by atoms with Crippen LogP contribution in [0.5, 0.6) is 0 Å². The SMILES string of the molecule is CC1(C)CC(=O)c2cc(C(=O)NCc3ccc(Cn4cccn4)cc3)c(=O)[nH]c2C1. The number of H-pyrrole nitrogens is 1. The van der Waals surface area contributed by atoms with Crippen LogP contribution in [0.3, 0.4) is 0 Å². The molecule has 2 N–H and O–H groups in total. The highest BCUT2D eigenvalue weighted by Gasteiger charge is 2.32. The molecule has 0 unspecified atom stereocenters. The van der Waals surface area contributed by atoms with Gasteiger partial charge in [0.25, 0.3) is 11.5 Å². The number of rotatable bonds is 5. The van der Waals surface area contributed by atoms with Crippen LogP contribution in [0.4, 0.5) is 0 Å². The van der Waals surface area contributed by atoms with E-state index in [1.165, 1.54) is 6.07 Å². The van der Waals surface area contributed by atoms with E-state index in [4.69, 9.17) is 0 Å². The largest absolute Gasteiger partial charge is 0.348 e. The van der Waals surface area contributed by atoms with E-state index in [9.17, 15) is 14.4 Å². The van der Waals surface area contributed by atoms with E-state index in [2.05, 4.69) is 15.4 Å². The lowest BCUT2D eigenvalue weighted by Crippen LogP contribution is -2.34. The average Bonchev–Trinajstić information content (AvgIpc) is 3.19. The minimum absolute atomic E-state index is 0.0305. The van der Waals surface area contributed by atoms with E-state index in [-0.39, 0.29) is 16.8 Å². The lowest BCUT2D eigenvalue weighted by atomic mass is 9.75. The van der Waals surface area contributed by atoms with Gasteiger partial charge in [-0.1, -0.05) is 38.1 Å². The Balaban J connectivity index is 1.44. The number of amides is 1. The van der Waals surface area contributed by atoms with Gasteiger partial charge in [0.05, 0.1) is 6.54 Å². The molecular weight excluding hydrogens is 380 g/mol. The maximum atomic E-state index is 12.6. The first-order valence-electron chi connectivity index (χ1n) is 9.94. The summed E-state index contributed by atoms with van der Waals surface area (Å²) in [5.74, 6) is -0.531. The zero-order chi connectivity index (χ0) is 21.3. The minimum Gasteiger partial charge on any atom is -0.348 e. The summed E-state index contributed by atoms with van der Waals surface area (Å²) in [4.78, 5) is 40.2. The molecule has 30 heavy (non-hydrogen) atoms. The maximum Gasteiger partial charge on any atom is 0.261 e. The van der Waals surface area contributed by atoms with Crippen LogP contribution in [0.15, 0.2) is 53.6 Å². The Morgan fingerprint density at radius 3 is 2.60 bits per heavy atom. The van der Waals surface area contributed by atoms with Gasteiger partial charge in [-0.05, 0) is 35.1 Å². The third kappa shape index (κ3) is 4.25. The zero-order valence-corrected chi connectivity index (χ0v) is 17.1. The van der Waals surface area contributed by atoms with Gasteiger partial charge < -0.3 is 10.3 Å². The summed E-state index contributed by atoms with van der Waals surface area (Å²) in [6, 6.07) is 11.1. The van der Waals surface area contributed by atoms with Crippen LogP contribution in [-0.4, -0.2) is 26.5 Å². The molecule has 0 saturated carbocycles. The molecule has 1 amide bonds. The van der Waals surface area contributed by atoms with Crippen LogP contribution in [0, 0.1) is 5.41 Å². The summed E-state index contributed by atoms with van der Waals surface area (Å²) in [6.07, 6.45) is 4.64. The molecule has 2 aromatic heterocycles. The minimum atomic E-state index is -0.489. The third-order valence-corrected chi connectivity index (χ3v) is 5.34. The number of aromatic amines is 1. The predicted octanol–water partition coefficient (Wildman–Crippen LogP) is 2.70. The topological polar surface area (TPSA) is 96.8 Å². The molecule has 3 aromatic rings. The van der Waals surface area contributed by atoms with Crippen LogP contribution in [0.1, 0.15) is 57.8 Å². The lowest BCUT2D eigenvalue weighted by molar-refractivity contribution is 0.0910. The number of ketones is 1. The second kappa shape index (κ2) is 7.74. The van der Waals surface area contributed by atoms with Crippen molar-refractivity contribution in [1.82, 2.24) is 20.1 Å². The molecule has 0 spiro atoms. The van der Waals surface area contributed by atoms with Crippen molar-refractivity contribution >= 4 is 11.7 Å². The Morgan fingerprint density at radius 1 is 1.17 bits per heavy atom. The average molecular weight is 404 g/mol. The van der Waals surface area contributed by atoms with E-state index in [1.54, 1.807) is 6.20 Å². The van der Waals surface area contributed by atoms with Crippen LogP contribution in [0.25, 0.3) is 0 Å². The number of nitrogens with zero attached hydrogens (tertiary/aromatic N) is 2. The second-order valence-corrected chi connectivity index (χ2v) is 8.55. The number of hydrogen-bond donors (Lipinski definition) is 2. The highest BCUT2D eigenvalue weighted by Crippen LogP contribution is 2.33. The molecule has 1 aliphatic carbocycles. The van der Waals surface area contributed by atoms with Gasteiger partial charge in [0, 0.05) is 36.6 Å². The zero-order valence-electron chi connectivity index (χ0n) is 17.1. The van der Waals surface area contributed by atoms with Gasteiger partial charge in [-0.3, -0.25) is 19.1 Å². The Kier molecular flexibility index (Phi) is 5.11. The van der Waals surface area contributed by atoms with E-state index in [0.717, 1.165) is 11.1 Å². The van der Waals surface area contributed by atoms with Crippen molar-refractivity contribution in [3.8, 4) is 0 Å². The molecule has 0 radical (unpaired) electrons. The molecule has 0 bridgehead atoms. The van der Waals surface area contributed by atoms with Gasteiger partial charge in [-0.15, -0.1) is 0 Å². The molecule has 0 saturated heterocycles. The fourth-order valence-corrected chi connectivity index (χ4v) is 3.82. The predicted molar refractivity (Wildman–Crippen MR) is 112 cm³/mol. The summed E-state index contributed by atoms with van der Waals surface area (Å²) >= 11 is 0. The van der Waals surface area contributed by atoms with Crippen molar-refractivity contribution in [2.24, 2.45) is 5.41 Å². The van der Waals surface area contributed by atoms with Crippen molar-refractivity contribution in [2.45, 2.75) is 39.8 Å². The normalized spacial score (nSPS) is 14.9. The highest BCUT2D eigenvalue weighted by molar-refractivity contribution is 6.02. The Bertz CT molecular complexity index is 1140. The summed E-state index contributed by atoms with van der Waals surface area (Å²) < 4.78 is 1.83. The summed E-state index contributed by atoms with van der Waals surface area (Å²) in [5.41, 5.74) is 2.39. The highest BCUT2D eigenvalue weighted by atomic mass is 16.2. The van der Waals surface area contributed by atoms with Gasteiger partial charge in [0.15, 0.2) is 5.78 Å². The number of nitrogens with one attached hydrogen (secondary N) is 2. The van der Waals surface area contributed by atoms with Crippen LogP contribution in [-0.2, 0) is 19.5 Å². The molecular formula is C23H24N4O3. The van der Waals surface area contributed by atoms with Gasteiger partial charge in [0.1, 0.15) is 5.56 Å². The van der Waals surface area contributed by atoms with E-state index >= 15 is 0 Å². The number of benzene rings is 1. The summed E-state index contributed by atoms with van der Waals surface area (Å²) in [6.45, 7) is 4.95. The first-order chi connectivity index (χ1) is 14.3. The number of fused-ring (bicyclic) bond motifs is 1. The van der Waals surface area contributed by atoms with Gasteiger partial charge in [-0.2, -0.15) is 5.10 Å². The molecule has 0 fully saturated rings. The molecule has 1 aromatic carbocycles. The quantitative estimate of drug-likeness (QED) is 0.683. The smallest absolute Gasteiger partial charge is 0.261 e. The van der Waals surface area contributed by atoms with Crippen molar-refractivity contribution < 1.29 is 9.59 Å². The number of carbonyl (C=O) groups excluding carboxylic acids is 2. The Hall–Kier alpha value is -3.48. The van der Waals surface area contributed by atoms with Crippen LogP contribution >= 0.6 is 0 Å². The Morgan fingerprint density at radius 2 is 1.90 bits per heavy atom. The summed E-state index contributed by atoms with van der Waals surface area (Å²) in [5, 5.41) is 6.95. The molecule has 154 valence electrons. The van der Waals surface area contributed by atoms with Gasteiger partial charge in [-0.25, -0.2) is 0 Å². The molecule has 0 aliphatic heterocycles. The van der Waals surface area contributed by atoms with E-state index in [1.807, 2.05) is 55.1 Å². The fraction of sp³-hybridized carbons (Fsp3) is 0.304. The maximum absolute atomic E-state index is 12.6. The van der Waals surface area contributed by atoms with Crippen LogP contribution < -0.4 is 10.9 Å². The molecule has 4 rings (SSSR count). The van der Waals surface area contributed by atoms with E-state index < -0.39 is 11.5 Å². The molecule has 0 atom stereocenters. The van der Waals surface area contributed by atoms with Crippen molar-refractivity contribution in [2.75, 3.05) is 0 Å².